The number of pyridine rings is 1. The van der Waals surface area contributed by atoms with Crippen molar-refractivity contribution < 1.29 is 17.9 Å². The van der Waals surface area contributed by atoms with Gasteiger partial charge in [-0.3, -0.25) is 0 Å². The van der Waals surface area contributed by atoms with Gasteiger partial charge in [0.2, 0.25) is 5.95 Å². The smallest absolute Gasteiger partial charge is 0.453 e. The van der Waals surface area contributed by atoms with Gasteiger partial charge in [-0.15, -0.1) is 5.10 Å². The first-order chi connectivity index (χ1) is 11.4. The van der Waals surface area contributed by atoms with E-state index in [9.17, 15) is 13.2 Å². The highest BCUT2D eigenvalue weighted by Gasteiger charge is 2.37. The van der Waals surface area contributed by atoms with E-state index in [-0.39, 0.29) is 5.82 Å². The van der Waals surface area contributed by atoms with E-state index >= 15 is 0 Å². The third-order valence-corrected chi connectivity index (χ3v) is 3.19. The zero-order chi connectivity index (χ0) is 17.3. The molecule has 0 spiro atoms. The molecule has 0 radical (unpaired) electrons. The molecular formula is C15H12F3N5O. The number of methoxy groups -OCH3 is 1. The monoisotopic (exact) mass is 335 g/mol. The lowest BCUT2D eigenvalue weighted by atomic mass is 10.1. The van der Waals surface area contributed by atoms with Gasteiger partial charge < -0.3 is 10.5 Å². The standard InChI is InChI=1S/C15H12F3N5O/c1-24-10-7-11(9-5-3-2-4-6-9)20-12(8-10)23-14(19)21-13(22-23)15(16,17)18/h2-8H,1H3,(H2,19,21,22). The highest BCUT2D eigenvalue weighted by atomic mass is 19.4. The van der Waals surface area contributed by atoms with E-state index in [1.807, 2.05) is 30.3 Å². The number of nitrogens with two attached hydrogens (primary N) is 1. The maximum Gasteiger partial charge on any atom is 0.453 e. The third-order valence-electron chi connectivity index (χ3n) is 3.19. The molecule has 0 saturated heterocycles. The second-order valence-electron chi connectivity index (χ2n) is 4.82. The molecule has 0 aliphatic carbocycles. The molecule has 2 heterocycles. The molecule has 3 aromatic rings. The molecule has 0 fully saturated rings. The molecule has 0 amide bonds. The largest absolute Gasteiger partial charge is 0.497 e. The van der Waals surface area contributed by atoms with E-state index in [0.29, 0.717) is 11.4 Å². The Balaban J connectivity index is 2.13. The van der Waals surface area contributed by atoms with Crippen molar-refractivity contribution >= 4 is 5.95 Å². The van der Waals surface area contributed by atoms with Crippen LogP contribution in [0.25, 0.3) is 17.1 Å². The molecule has 0 saturated carbocycles. The van der Waals surface area contributed by atoms with E-state index in [1.165, 1.54) is 13.2 Å². The van der Waals surface area contributed by atoms with E-state index in [0.717, 1.165) is 10.2 Å². The lowest BCUT2D eigenvalue weighted by molar-refractivity contribution is -0.144. The van der Waals surface area contributed by atoms with Crippen molar-refractivity contribution in [3.8, 4) is 22.8 Å². The highest BCUT2D eigenvalue weighted by molar-refractivity contribution is 5.62. The molecule has 9 heteroatoms. The average molecular weight is 335 g/mol. The van der Waals surface area contributed by atoms with Crippen LogP contribution in [0.5, 0.6) is 5.75 Å². The maximum absolute atomic E-state index is 12.7. The summed E-state index contributed by atoms with van der Waals surface area (Å²) >= 11 is 0. The van der Waals surface area contributed by atoms with Gasteiger partial charge in [0, 0.05) is 17.7 Å². The van der Waals surface area contributed by atoms with Crippen LogP contribution in [0.3, 0.4) is 0 Å². The quantitative estimate of drug-likeness (QED) is 0.796. The minimum atomic E-state index is -4.69. The van der Waals surface area contributed by atoms with Crippen molar-refractivity contribution in [3.63, 3.8) is 0 Å². The lowest BCUT2D eigenvalue weighted by Gasteiger charge is -2.09. The molecule has 3 rings (SSSR count). The SMILES string of the molecule is COc1cc(-c2ccccc2)nc(-n2nc(C(F)(F)F)nc2N)c1. The van der Waals surface area contributed by atoms with Crippen molar-refractivity contribution in [1.82, 2.24) is 19.7 Å². The number of anilines is 1. The van der Waals surface area contributed by atoms with Crippen LogP contribution in [0.2, 0.25) is 0 Å². The van der Waals surface area contributed by atoms with Crippen LogP contribution in [-0.4, -0.2) is 26.9 Å². The van der Waals surface area contributed by atoms with Crippen LogP contribution in [0.15, 0.2) is 42.5 Å². The van der Waals surface area contributed by atoms with Gasteiger partial charge in [0.05, 0.1) is 12.8 Å². The van der Waals surface area contributed by atoms with Crippen LogP contribution in [0.1, 0.15) is 5.82 Å². The molecule has 6 nitrogen and oxygen atoms in total. The molecule has 1 aromatic carbocycles. The number of nitrogen functional groups attached to an aromatic ring is 1. The summed E-state index contributed by atoms with van der Waals surface area (Å²) in [5.74, 6) is -1.26. The molecule has 0 atom stereocenters. The predicted octanol–water partition coefficient (Wildman–Crippen LogP) is 2.94. The Morgan fingerprint density at radius 3 is 2.38 bits per heavy atom. The van der Waals surface area contributed by atoms with Gasteiger partial charge in [-0.1, -0.05) is 30.3 Å². The zero-order valence-corrected chi connectivity index (χ0v) is 12.4. The van der Waals surface area contributed by atoms with Gasteiger partial charge in [-0.25, -0.2) is 4.98 Å². The fourth-order valence-electron chi connectivity index (χ4n) is 2.09. The second kappa shape index (κ2) is 5.84. The van der Waals surface area contributed by atoms with Crippen molar-refractivity contribution in [3.05, 3.63) is 48.3 Å². The topological polar surface area (TPSA) is 78.8 Å². The zero-order valence-electron chi connectivity index (χ0n) is 12.4. The average Bonchev–Trinajstić information content (AvgIpc) is 2.97. The van der Waals surface area contributed by atoms with Gasteiger partial charge in [0.15, 0.2) is 5.82 Å². The molecule has 0 bridgehead atoms. The summed E-state index contributed by atoms with van der Waals surface area (Å²) in [7, 11) is 1.44. The third kappa shape index (κ3) is 3.00. The number of nitrogens with zero attached hydrogens (tertiary/aromatic N) is 4. The first-order valence-corrected chi connectivity index (χ1v) is 6.80. The molecule has 0 aliphatic heterocycles. The van der Waals surface area contributed by atoms with Crippen LogP contribution in [0.4, 0.5) is 19.1 Å². The Morgan fingerprint density at radius 1 is 1.08 bits per heavy atom. The molecule has 2 N–H and O–H groups in total. The lowest BCUT2D eigenvalue weighted by Crippen LogP contribution is -2.09. The number of hydrogen-bond acceptors (Lipinski definition) is 5. The van der Waals surface area contributed by atoms with Crippen molar-refractivity contribution in [2.75, 3.05) is 12.8 Å². The van der Waals surface area contributed by atoms with Gasteiger partial charge in [-0.2, -0.15) is 22.8 Å². The minimum Gasteiger partial charge on any atom is -0.497 e. The molecule has 124 valence electrons. The van der Waals surface area contributed by atoms with Crippen LogP contribution in [0, 0.1) is 0 Å². The van der Waals surface area contributed by atoms with Crippen molar-refractivity contribution in [2.45, 2.75) is 6.18 Å². The summed E-state index contributed by atoms with van der Waals surface area (Å²) in [5.41, 5.74) is 6.84. The molecule has 24 heavy (non-hydrogen) atoms. The Kier molecular flexibility index (Phi) is 3.84. The number of ether oxygens (including phenoxy) is 1. The number of hydrogen-bond donors (Lipinski definition) is 1. The number of rotatable bonds is 3. The number of benzene rings is 1. The number of halogens is 3. The minimum absolute atomic E-state index is 0.0775. The van der Waals surface area contributed by atoms with Gasteiger partial charge in [0.25, 0.3) is 5.82 Å². The summed E-state index contributed by atoms with van der Waals surface area (Å²) in [6, 6.07) is 12.2. The first-order valence-electron chi connectivity index (χ1n) is 6.80. The Bertz CT molecular complexity index is 861. The molecule has 0 aliphatic rings. The highest BCUT2D eigenvalue weighted by Crippen LogP contribution is 2.29. The maximum atomic E-state index is 12.7. The first kappa shape index (κ1) is 15.8. The fourth-order valence-corrected chi connectivity index (χ4v) is 2.09. The summed E-state index contributed by atoms with van der Waals surface area (Å²) < 4.78 is 44.3. The Labute approximate surface area is 134 Å². The predicted molar refractivity (Wildman–Crippen MR) is 80.6 cm³/mol. The summed E-state index contributed by atoms with van der Waals surface area (Å²) in [6.45, 7) is 0. The van der Waals surface area contributed by atoms with Crippen LogP contribution >= 0.6 is 0 Å². The van der Waals surface area contributed by atoms with Crippen molar-refractivity contribution in [2.24, 2.45) is 0 Å². The van der Waals surface area contributed by atoms with E-state index in [1.54, 1.807) is 6.07 Å². The fraction of sp³-hybridized carbons (Fsp3) is 0.133. The molecular weight excluding hydrogens is 323 g/mol. The normalized spacial score (nSPS) is 11.5. The number of alkyl halides is 3. The van der Waals surface area contributed by atoms with Gasteiger partial charge >= 0.3 is 6.18 Å². The van der Waals surface area contributed by atoms with Crippen LogP contribution < -0.4 is 10.5 Å². The number of aromatic nitrogens is 4. The van der Waals surface area contributed by atoms with E-state index in [4.69, 9.17) is 10.5 Å². The Hall–Kier alpha value is -3.10. The summed E-state index contributed by atoms with van der Waals surface area (Å²) in [4.78, 5) is 7.55. The van der Waals surface area contributed by atoms with Crippen molar-refractivity contribution in [1.29, 1.82) is 0 Å². The summed E-state index contributed by atoms with van der Waals surface area (Å²) in [5, 5.41) is 3.40. The van der Waals surface area contributed by atoms with Crippen LogP contribution in [-0.2, 0) is 6.18 Å². The van der Waals surface area contributed by atoms with E-state index in [2.05, 4.69) is 15.1 Å². The molecule has 2 aromatic heterocycles. The Morgan fingerprint density at radius 2 is 1.79 bits per heavy atom. The van der Waals surface area contributed by atoms with Gasteiger partial charge in [-0.05, 0) is 0 Å². The molecule has 0 unspecified atom stereocenters. The van der Waals surface area contributed by atoms with Gasteiger partial charge in [0.1, 0.15) is 5.75 Å². The second-order valence-corrected chi connectivity index (χ2v) is 4.82. The van der Waals surface area contributed by atoms with E-state index < -0.39 is 17.9 Å². The summed E-state index contributed by atoms with van der Waals surface area (Å²) in [6.07, 6.45) is -4.69.